The Morgan fingerprint density at radius 3 is 2.04 bits per heavy atom. The standard InChI is InChI=1S/C26H48N9O12P.K/c1-5-14(3)21(35-48(45,46)47-6-2)25(44)32-15(4)22(41)30-12-18(36)33-17(9-10-19(37)38)24(43)34-16(8-7-11-29-26(27)28)23(42)31-13-20(39)40;/h14-17,21H,5-13H2,1-4H3,(H,30,41)(H,31,42)(H,32,44)(H,33,36)(H,34,43)(H,37,38)(H,39,40)(H4,27,28,29)(H2,35,45,46);/q;+1/p-1/t14-,15-,16-,17-,21-;/m0./s1. The first-order valence-electron chi connectivity index (χ1n) is 15.0. The summed E-state index contributed by atoms with van der Waals surface area (Å²) in [4.78, 5) is 90.5. The molecule has 1 unspecified atom stereocenters. The van der Waals surface area contributed by atoms with Gasteiger partial charge in [-0.3, -0.25) is 43.3 Å². The first-order valence-corrected chi connectivity index (χ1v) is 16.5. The average Bonchev–Trinajstić information content (AvgIpc) is 2.99. The SMILES string of the molecule is CCOP(=O)(O)N[C@H](C(=O)N[C@@H](C)C(=O)NCC([O-])=N[C@@H](CCC(=O)O)C(=O)N[C@@H](CCCN=C(N)N)C(=O)NCC(=O)O)[C@@H](C)CC.[K+]. The van der Waals surface area contributed by atoms with Crippen LogP contribution in [0, 0.1) is 5.92 Å². The van der Waals surface area contributed by atoms with Crippen LogP contribution in [0.4, 0.5) is 0 Å². The maximum absolute atomic E-state index is 13.0. The van der Waals surface area contributed by atoms with Crippen molar-refractivity contribution >= 4 is 55.2 Å². The van der Waals surface area contributed by atoms with Crippen molar-refractivity contribution in [3.63, 3.8) is 0 Å². The van der Waals surface area contributed by atoms with Crippen molar-refractivity contribution < 1.29 is 109 Å². The summed E-state index contributed by atoms with van der Waals surface area (Å²) in [7, 11) is -4.33. The molecule has 23 heteroatoms. The molecular weight excluding hydrogens is 700 g/mol. The number of carboxylic acid groups (broad SMARTS) is 2. The number of nitrogens with one attached hydrogen (secondary N) is 5. The fourth-order valence-electron chi connectivity index (χ4n) is 3.81. The molecule has 0 radical (unpaired) electrons. The first kappa shape index (κ1) is 48.4. The monoisotopic (exact) mass is 747 g/mol. The quantitative estimate of drug-likeness (QED) is 0.0144. The van der Waals surface area contributed by atoms with Gasteiger partial charge >= 0.3 is 71.1 Å². The molecule has 0 fully saturated rings. The number of amides is 4. The smallest absolute Gasteiger partial charge is 0.861 e. The zero-order valence-corrected chi connectivity index (χ0v) is 32.3. The Morgan fingerprint density at radius 2 is 1.51 bits per heavy atom. The van der Waals surface area contributed by atoms with E-state index in [4.69, 9.17) is 26.2 Å². The van der Waals surface area contributed by atoms with E-state index in [1.807, 2.05) is 0 Å². The van der Waals surface area contributed by atoms with Crippen molar-refractivity contribution in [2.75, 3.05) is 26.2 Å². The van der Waals surface area contributed by atoms with Gasteiger partial charge in [0.05, 0.1) is 12.6 Å². The Balaban J connectivity index is 0. The minimum Gasteiger partial charge on any atom is -0.861 e. The number of nitrogens with two attached hydrogens (primary N) is 2. The Morgan fingerprint density at radius 1 is 0.898 bits per heavy atom. The van der Waals surface area contributed by atoms with Crippen molar-refractivity contribution in [1.29, 1.82) is 0 Å². The maximum Gasteiger partial charge on any atom is 1.00 e. The van der Waals surface area contributed by atoms with Crippen LogP contribution in [-0.2, 0) is 37.9 Å². The zero-order chi connectivity index (χ0) is 37.0. The fraction of sp³-hybridized carbons (Fsp3) is 0.692. The van der Waals surface area contributed by atoms with E-state index in [0.717, 1.165) is 0 Å². The molecule has 49 heavy (non-hydrogen) atoms. The molecule has 0 aliphatic rings. The van der Waals surface area contributed by atoms with E-state index < -0.39 is 105 Å². The third-order valence-electron chi connectivity index (χ3n) is 6.49. The summed E-state index contributed by atoms with van der Waals surface area (Å²) in [6, 6.07) is -5.38. The molecule has 0 aromatic carbocycles. The Labute approximate surface area is 326 Å². The molecule has 4 amide bonds. The van der Waals surface area contributed by atoms with Crippen LogP contribution < -0.4 is 94.3 Å². The summed E-state index contributed by atoms with van der Waals surface area (Å²) >= 11 is 0. The summed E-state index contributed by atoms with van der Waals surface area (Å²) in [6.07, 6.45) is -0.538. The number of hydrogen-bond acceptors (Lipinski definition) is 11. The summed E-state index contributed by atoms with van der Waals surface area (Å²) in [5.41, 5.74) is 10.5. The van der Waals surface area contributed by atoms with Gasteiger partial charge < -0.3 is 52.9 Å². The van der Waals surface area contributed by atoms with Crippen LogP contribution in [0.15, 0.2) is 9.98 Å². The van der Waals surface area contributed by atoms with E-state index in [1.54, 1.807) is 13.8 Å². The largest absolute Gasteiger partial charge is 1.00 e. The van der Waals surface area contributed by atoms with Gasteiger partial charge in [0, 0.05) is 19.5 Å². The minimum atomic E-state index is -4.33. The van der Waals surface area contributed by atoms with E-state index in [9.17, 15) is 43.3 Å². The molecule has 0 rings (SSSR count). The molecule has 0 aliphatic heterocycles. The first-order chi connectivity index (χ1) is 22.3. The molecule has 0 saturated carbocycles. The molecule has 0 spiro atoms. The summed E-state index contributed by atoms with van der Waals surface area (Å²) in [5, 5.41) is 41.9. The van der Waals surface area contributed by atoms with Gasteiger partial charge in [0.25, 0.3) is 0 Å². The Kier molecular flexibility index (Phi) is 25.0. The molecule has 0 heterocycles. The van der Waals surface area contributed by atoms with E-state index in [2.05, 4.69) is 36.3 Å². The van der Waals surface area contributed by atoms with E-state index in [0.29, 0.717) is 6.42 Å². The van der Waals surface area contributed by atoms with Crippen molar-refractivity contribution in [2.24, 2.45) is 27.4 Å². The molecule has 274 valence electrons. The fourth-order valence-corrected chi connectivity index (χ4v) is 4.96. The van der Waals surface area contributed by atoms with E-state index in [-0.39, 0.29) is 83.3 Å². The van der Waals surface area contributed by atoms with Gasteiger partial charge in [-0.25, -0.2) is 9.65 Å². The predicted molar refractivity (Wildman–Crippen MR) is 169 cm³/mol. The second-order valence-corrected chi connectivity index (χ2v) is 12.0. The van der Waals surface area contributed by atoms with Crippen molar-refractivity contribution in [2.45, 2.75) is 84.0 Å². The van der Waals surface area contributed by atoms with Gasteiger partial charge in [-0.05, 0) is 44.9 Å². The number of rotatable bonds is 24. The molecule has 0 saturated heterocycles. The van der Waals surface area contributed by atoms with Crippen LogP contribution in [0.3, 0.4) is 0 Å². The second-order valence-electron chi connectivity index (χ2n) is 10.5. The molecule has 12 N–H and O–H groups in total. The summed E-state index contributed by atoms with van der Waals surface area (Å²) < 4.78 is 17.0. The van der Waals surface area contributed by atoms with Crippen molar-refractivity contribution in [3.05, 3.63) is 0 Å². The summed E-state index contributed by atoms with van der Waals surface area (Å²) in [5.74, 6) is -7.93. The normalized spacial score (nSPS) is 15.4. The maximum atomic E-state index is 13.0. The topological polar surface area (TPSA) is 349 Å². The molecular formula is C26H47KN9O12P. The number of carbonyl (C=O) groups excluding carboxylic acids is 4. The second kappa shape index (κ2) is 25.3. The zero-order valence-electron chi connectivity index (χ0n) is 28.3. The molecule has 0 aliphatic carbocycles. The van der Waals surface area contributed by atoms with Gasteiger partial charge in [0.15, 0.2) is 5.96 Å². The molecule has 6 atom stereocenters. The van der Waals surface area contributed by atoms with Gasteiger partial charge in [-0.1, -0.05) is 20.3 Å². The third kappa shape index (κ3) is 21.9. The number of carboxylic acids is 2. The van der Waals surface area contributed by atoms with E-state index >= 15 is 0 Å². The Bertz CT molecular complexity index is 1240. The number of aliphatic carboxylic acids is 2. The van der Waals surface area contributed by atoms with Gasteiger partial charge in [-0.2, -0.15) is 0 Å². The number of nitrogens with zero attached hydrogens (tertiary/aromatic N) is 2. The molecule has 0 aromatic heterocycles. The third-order valence-corrected chi connectivity index (χ3v) is 7.71. The van der Waals surface area contributed by atoms with Crippen molar-refractivity contribution in [3.8, 4) is 0 Å². The molecule has 0 bridgehead atoms. The number of guanidine groups is 1. The molecule has 21 nitrogen and oxygen atoms in total. The molecule has 0 aromatic rings. The predicted octanol–water partition coefficient (Wildman–Crippen LogP) is -6.52. The van der Waals surface area contributed by atoms with Crippen LogP contribution >= 0.6 is 7.75 Å². The van der Waals surface area contributed by atoms with Crippen LogP contribution in [0.1, 0.15) is 59.8 Å². The Hall–Kier alpha value is -2.69. The van der Waals surface area contributed by atoms with Crippen LogP contribution in [-0.4, -0.2) is 113 Å². The number of carbonyl (C=O) groups is 6. The van der Waals surface area contributed by atoms with Crippen LogP contribution in [0.25, 0.3) is 0 Å². The average molecular weight is 748 g/mol. The van der Waals surface area contributed by atoms with Crippen LogP contribution in [0.5, 0.6) is 0 Å². The van der Waals surface area contributed by atoms with Gasteiger partial charge in [-0.15, -0.1) is 0 Å². The van der Waals surface area contributed by atoms with E-state index in [1.165, 1.54) is 13.8 Å². The summed E-state index contributed by atoms with van der Waals surface area (Å²) in [6.45, 7) is 4.60. The number of aliphatic imine (C=N–C) groups is 2. The van der Waals surface area contributed by atoms with Gasteiger partial charge in [0.2, 0.25) is 23.6 Å². The van der Waals surface area contributed by atoms with Crippen LogP contribution in [0.2, 0.25) is 0 Å². The van der Waals surface area contributed by atoms with Gasteiger partial charge in [0.1, 0.15) is 24.7 Å². The van der Waals surface area contributed by atoms with Crippen molar-refractivity contribution in [1.82, 2.24) is 26.4 Å². The minimum absolute atomic E-state index is 0. The number of hydrogen-bond donors (Lipinski definition) is 10.